The molecule has 3 aromatic rings. The highest BCUT2D eigenvalue weighted by Gasteiger charge is 2.35. The van der Waals surface area contributed by atoms with Crippen molar-refractivity contribution in [3.8, 4) is 0 Å². The van der Waals surface area contributed by atoms with Gasteiger partial charge in [0.15, 0.2) is 5.11 Å². The van der Waals surface area contributed by atoms with Crippen LogP contribution < -0.4 is 10.2 Å². The average molecular weight is 404 g/mol. The number of rotatable bonds is 4. The smallest absolute Gasteiger partial charge is 0.270 e. The molecule has 5 nitrogen and oxygen atoms in total. The Kier molecular flexibility index (Phi) is 5.03. The minimum absolute atomic E-state index is 0.0706. The highest BCUT2D eigenvalue weighted by Crippen LogP contribution is 2.28. The van der Waals surface area contributed by atoms with Crippen LogP contribution in [0.3, 0.4) is 0 Å². The molecule has 0 bridgehead atoms. The molecule has 2 amide bonds. The fourth-order valence-electron chi connectivity index (χ4n) is 3.66. The first-order chi connectivity index (χ1) is 14.0. The molecule has 1 aromatic heterocycles. The van der Waals surface area contributed by atoms with Crippen LogP contribution in [0.1, 0.15) is 24.5 Å². The number of fused-ring (bicyclic) bond motifs is 1. The maximum atomic E-state index is 13.3. The lowest BCUT2D eigenvalue weighted by Crippen LogP contribution is -2.54. The molecule has 29 heavy (non-hydrogen) atoms. The third kappa shape index (κ3) is 3.36. The van der Waals surface area contributed by atoms with Crippen LogP contribution in [0.15, 0.2) is 60.3 Å². The molecule has 0 aliphatic carbocycles. The maximum absolute atomic E-state index is 13.3. The molecule has 0 atom stereocenters. The SMILES string of the molecule is CCCn1cc(/C=C2\C(=O)NC(=S)N(c3ccccc3C)C2=O)c2ccccc21. The van der Waals surface area contributed by atoms with Gasteiger partial charge >= 0.3 is 0 Å². The number of hydrogen-bond acceptors (Lipinski definition) is 3. The van der Waals surface area contributed by atoms with E-state index in [-0.39, 0.29) is 10.7 Å². The predicted molar refractivity (Wildman–Crippen MR) is 120 cm³/mol. The molecule has 1 saturated heterocycles. The van der Waals surface area contributed by atoms with E-state index in [1.54, 1.807) is 6.08 Å². The summed E-state index contributed by atoms with van der Waals surface area (Å²) in [5.74, 6) is -0.891. The predicted octanol–water partition coefficient (Wildman–Crippen LogP) is 4.19. The minimum atomic E-state index is -0.475. The molecule has 0 saturated carbocycles. The molecule has 1 aliphatic heterocycles. The van der Waals surface area contributed by atoms with Gasteiger partial charge < -0.3 is 4.57 Å². The Morgan fingerprint density at radius 1 is 1.07 bits per heavy atom. The largest absolute Gasteiger partial charge is 0.347 e. The van der Waals surface area contributed by atoms with Crippen LogP contribution in [0.25, 0.3) is 17.0 Å². The van der Waals surface area contributed by atoms with E-state index in [0.29, 0.717) is 5.69 Å². The number of aromatic nitrogens is 1. The van der Waals surface area contributed by atoms with Crippen LogP contribution in [-0.4, -0.2) is 21.5 Å². The summed E-state index contributed by atoms with van der Waals surface area (Å²) in [6.07, 6.45) is 4.65. The quantitative estimate of drug-likeness (QED) is 0.404. The topological polar surface area (TPSA) is 54.3 Å². The summed E-state index contributed by atoms with van der Waals surface area (Å²) < 4.78 is 2.15. The Bertz CT molecular complexity index is 1180. The van der Waals surface area contributed by atoms with Gasteiger partial charge in [-0.3, -0.25) is 19.8 Å². The third-order valence-corrected chi connectivity index (χ3v) is 5.33. The molecule has 1 N–H and O–H groups in total. The van der Waals surface area contributed by atoms with Crippen LogP contribution >= 0.6 is 12.2 Å². The van der Waals surface area contributed by atoms with E-state index in [1.807, 2.05) is 61.7 Å². The van der Waals surface area contributed by atoms with Crippen LogP contribution in [-0.2, 0) is 16.1 Å². The molecule has 146 valence electrons. The fraction of sp³-hybridized carbons (Fsp3) is 0.174. The van der Waals surface area contributed by atoms with Crippen molar-refractivity contribution in [1.29, 1.82) is 0 Å². The van der Waals surface area contributed by atoms with E-state index in [9.17, 15) is 9.59 Å². The van der Waals surface area contributed by atoms with E-state index in [4.69, 9.17) is 12.2 Å². The summed E-state index contributed by atoms with van der Waals surface area (Å²) in [6.45, 7) is 4.89. The molecule has 0 radical (unpaired) electrons. The molecule has 1 fully saturated rings. The van der Waals surface area contributed by atoms with Gasteiger partial charge in [-0.15, -0.1) is 0 Å². The van der Waals surface area contributed by atoms with Crippen LogP contribution in [0, 0.1) is 6.92 Å². The van der Waals surface area contributed by atoms with Gasteiger partial charge in [-0.05, 0) is 49.3 Å². The zero-order valence-corrected chi connectivity index (χ0v) is 17.1. The number of carbonyl (C=O) groups excluding carboxylic acids is 2. The Morgan fingerprint density at radius 3 is 2.55 bits per heavy atom. The molecule has 0 spiro atoms. The fourth-order valence-corrected chi connectivity index (χ4v) is 3.94. The Hall–Kier alpha value is -3.25. The summed E-state index contributed by atoms with van der Waals surface area (Å²) in [5, 5.41) is 3.76. The molecular weight excluding hydrogens is 382 g/mol. The number of anilines is 1. The van der Waals surface area contributed by atoms with Crippen LogP contribution in [0.2, 0.25) is 0 Å². The van der Waals surface area contributed by atoms with Gasteiger partial charge in [0, 0.05) is 29.2 Å². The summed E-state index contributed by atoms with van der Waals surface area (Å²) in [4.78, 5) is 27.3. The molecule has 4 rings (SSSR count). The lowest BCUT2D eigenvalue weighted by Gasteiger charge is -2.29. The van der Waals surface area contributed by atoms with Crippen molar-refractivity contribution < 1.29 is 9.59 Å². The summed E-state index contributed by atoms with van der Waals surface area (Å²) >= 11 is 5.30. The molecule has 1 aliphatic rings. The van der Waals surface area contributed by atoms with Gasteiger partial charge in [0.05, 0.1) is 5.69 Å². The lowest BCUT2D eigenvalue weighted by atomic mass is 10.1. The standard InChI is InChI=1S/C23H21N3O2S/c1-3-12-25-14-16(17-9-5-7-11-20(17)25)13-18-21(27)24-23(29)26(22(18)28)19-10-6-4-8-15(19)2/h4-11,13-14H,3,12H2,1-2H3,(H,24,27,29)/b18-13+. The maximum Gasteiger partial charge on any atom is 0.270 e. The number of para-hydroxylation sites is 2. The average Bonchev–Trinajstić information content (AvgIpc) is 3.04. The van der Waals surface area contributed by atoms with Crippen LogP contribution in [0.5, 0.6) is 0 Å². The van der Waals surface area contributed by atoms with Crippen molar-refractivity contribution in [2.24, 2.45) is 0 Å². The normalized spacial score (nSPS) is 16.0. The highest BCUT2D eigenvalue weighted by molar-refractivity contribution is 7.80. The second-order valence-electron chi connectivity index (χ2n) is 7.04. The Labute approximate surface area is 174 Å². The second-order valence-corrected chi connectivity index (χ2v) is 7.43. The van der Waals surface area contributed by atoms with Crippen molar-refractivity contribution >= 4 is 51.8 Å². The van der Waals surface area contributed by atoms with E-state index < -0.39 is 11.8 Å². The van der Waals surface area contributed by atoms with Crippen molar-refractivity contribution in [1.82, 2.24) is 9.88 Å². The Balaban J connectivity index is 1.82. The molecule has 2 aromatic carbocycles. The third-order valence-electron chi connectivity index (χ3n) is 5.04. The second kappa shape index (κ2) is 7.64. The monoisotopic (exact) mass is 403 g/mol. The van der Waals surface area contributed by atoms with Crippen molar-refractivity contribution in [2.45, 2.75) is 26.8 Å². The molecular formula is C23H21N3O2S. The number of carbonyl (C=O) groups is 2. The van der Waals surface area contributed by atoms with Gasteiger partial charge in [-0.1, -0.05) is 43.3 Å². The minimum Gasteiger partial charge on any atom is -0.347 e. The van der Waals surface area contributed by atoms with E-state index in [1.165, 1.54) is 4.90 Å². The zero-order chi connectivity index (χ0) is 20.5. The van der Waals surface area contributed by atoms with Gasteiger partial charge in [0.1, 0.15) is 5.57 Å². The van der Waals surface area contributed by atoms with Crippen molar-refractivity contribution in [3.63, 3.8) is 0 Å². The lowest BCUT2D eigenvalue weighted by molar-refractivity contribution is -0.122. The van der Waals surface area contributed by atoms with Crippen molar-refractivity contribution in [3.05, 3.63) is 71.4 Å². The molecule has 6 heteroatoms. The first kappa shape index (κ1) is 19.1. The molecule has 0 unspecified atom stereocenters. The van der Waals surface area contributed by atoms with Gasteiger partial charge in [0.2, 0.25) is 0 Å². The summed E-state index contributed by atoms with van der Waals surface area (Å²) in [5.41, 5.74) is 3.56. The zero-order valence-electron chi connectivity index (χ0n) is 16.3. The van der Waals surface area contributed by atoms with Gasteiger partial charge in [0.25, 0.3) is 11.8 Å². The number of amides is 2. The number of nitrogens with one attached hydrogen (secondary N) is 1. The number of aryl methyl sites for hydroxylation is 2. The first-order valence-electron chi connectivity index (χ1n) is 9.56. The van der Waals surface area contributed by atoms with E-state index in [0.717, 1.165) is 35.0 Å². The summed E-state index contributed by atoms with van der Waals surface area (Å²) in [6, 6.07) is 15.5. The highest BCUT2D eigenvalue weighted by atomic mass is 32.1. The van der Waals surface area contributed by atoms with Crippen LogP contribution in [0.4, 0.5) is 5.69 Å². The molecule has 2 heterocycles. The summed E-state index contributed by atoms with van der Waals surface area (Å²) in [7, 11) is 0. The van der Waals surface area contributed by atoms with Crippen molar-refractivity contribution in [2.75, 3.05) is 4.90 Å². The number of benzene rings is 2. The number of hydrogen-bond donors (Lipinski definition) is 1. The van der Waals surface area contributed by atoms with E-state index in [2.05, 4.69) is 16.8 Å². The Morgan fingerprint density at radius 2 is 1.79 bits per heavy atom. The number of thiocarbonyl (C=S) groups is 1. The first-order valence-corrected chi connectivity index (χ1v) is 9.97. The number of nitrogens with zero attached hydrogens (tertiary/aromatic N) is 2. The van der Waals surface area contributed by atoms with E-state index >= 15 is 0 Å². The van der Waals surface area contributed by atoms with Gasteiger partial charge in [-0.25, -0.2) is 0 Å². The van der Waals surface area contributed by atoms with Gasteiger partial charge in [-0.2, -0.15) is 0 Å².